The van der Waals surface area contributed by atoms with E-state index in [1.807, 2.05) is 17.6 Å². The number of benzene rings is 2. The highest BCUT2D eigenvalue weighted by molar-refractivity contribution is 6.43. The first-order chi connectivity index (χ1) is 13.4. The van der Waals surface area contributed by atoms with Crippen LogP contribution in [0.15, 0.2) is 36.4 Å². The van der Waals surface area contributed by atoms with Crippen molar-refractivity contribution in [2.75, 3.05) is 0 Å². The smallest absolute Gasteiger partial charge is 0.256 e. The highest BCUT2D eigenvalue weighted by Crippen LogP contribution is 2.30. The van der Waals surface area contributed by atoms with E-state index in [1.54, 1.807) is 36.1 Å². The van der Waals surface area contributed by atoms with Crippen LogP contribution in [-0.4, -0.2) is 31.6 Å². The quantitative estimate of drug-likeness (QED) is 0.603. The van der Waals surface area contributed by atoms with Gasteiger partial charge in [-0.3, -0.25) is 4.79 Å². The lowest BCUT2D eigenvalue weighted by Gasteiger charge is -2.34. The minimum atomic E-state index is -0.286. The van der Waals surface area contributed by atoms with E-state index >= 15 is 0 Å². The zero-order valence-electron chi connectivity index (χ0n) is 15.3. The average Bonchev–Trinajstić information content (AvgIpc) is 3.07. The number of rotatable bonds is 2. The Morgan fingerprint density at radius 1 is 1.21 bits per heavy atom. The highest BCUT2D eigenvalue weighted by Gasteiger charge is 2.31. The first-order valence-electron chi connectivity index (χ1n) is 8.80. The molecule has 28 heavy (non-hydrogen) atoms. The number of aromatic nitrogens is 3. The van der Waals surface area contributed by atoms with Crippen molar-refractivity contribution in [1.82, 2.24) is 19.7 Å². The van der Waals surface area contributed by atoms with Crippen molar-refractivity contribution >= 4 is 29.1 Å². The summed E-state index contributed by atoms with van der Waals surface area (Å²) in [7, 11) is 0. The van der Waals surface area contributed by atoms with Crippen molar-refractivity contribution in [2.45, 2.75) is 33.0 Å². The van der Waals surface area contributed by atoms with Crippen molar-refractivity contribution in [3.8, 4) is 11.4 Å². The molecule has 8 heteroatoms. The average molecular weight is 419 g/mol. The molecule has 0 saturated carbocycles. The summed E-state index contributed by atoms with van der Waals surface area (Å²) >= 11 is 12.3. The topological polar surface area (TPSA) is 51.0 Å². The SMILES string of the molecule is Cc1ccc(-c2nnc3n2C[C@H](C)N(C(=O)c2cccc(Cl)c2Cl)C3)cc1F. The van der Waals surface area contributed by atoms with E-state index < -0.39 is 0 Å². The fraction of sp³-hybridized carbons (Fsp3) is 0.250. The van der Waals surface area contributed by atoms with Gasteiger partial charge in [0.1, 0.15) is 5.82 Å². The molecule has 1 aromatic heterocycles. The van der Waals surface area contributed by atoms with E-state index in [2.05, 4.69) is 10.2 Å². The summed E-state index contributed by atoms with van der Waals surface area (Å²) in [6.07, 6.45) is 0. The van der Waals surface area contributed by atoms with Gasteiger partial charge in [0.2, 0.25) is 0 Å². The second kappa shape index (κ2) is 7.18. The molecule has 5 nitrogen and oxygen atoms in total. The second-order valence-corrected chi connectivity index (χ2v) is 7.68. The molecule has 0 unspecified atom stereocenters. The van der Waals surface area contributed by atoms with Crippen molar-refractivity contribution in [2.24, 2.45) is 0 Å². The number of carbonyl (C=O) groups is 1. The summed E-state index contributed by atoms with van der Waals surface area (Å²) in [5.74, 6) is 0.734. The predicted octanol–water partition coefficient (Wildman–Crippen LogP) is 4.74. The van der Waals surface area contributed by atoms with E-state index in [-0.39, 0.29) is 29.3 Å². The molecule has 0 N–H and O–H groups in total. The van der Waals surface area contributed by atoms with Gasteiger partial charge < -0.3 is 9.47 Å². The molecule has 144 valence electrons. The molecule has 0 aliphatic carbocycles. The number of aryl methyl sites for hydroxylation is 1. The lowest BCUT2D eigenvalue weighted by molar-refractivity contribution is 0.0612. The molecule has 2 heterocycles. The second-order valence-electron chi connectivity index (χ2n) is 6.90. The van der Waals surface area contributed by atoms with Gasteiger partial charge in [-0.1, -0.05) is 41.4 Å². The maximum absolute atomic E-state index is 14.0. The first kappa shape index (κ1) is 18.9. The monoisotopic (exact) mass is 418 g/mol. The van der Waals surface area contributed by atoms with Gasteiger partial charge in [0.25, 0.3) is 5.91 Å². The van der Waals surface area contributed by atoms with Gasteiger partial charge in [-0.05, 0) is 37.6 Å². The summed E-state index contributed by atoms with van der Waals surface area (Å²) < 4.78 is 15.9. The molecule has 0 radical (unpaired) electrons. The molecule has 4 rings (SSSR count). The summed E-state index contributed by atoms with van der Waals surface area (Å²) in [4.78, 5) is 14.7. The number of hydrogen-bond acceptors (Lipinski definition) is 3. The minimum absolute atomic E-state index is 0.125. The summed E-state index contributed by atoms with van der Waals surface area (Å²) in [5.41, 5.74) is 1.59. The molecule has 0 bridgehead atoms. The van der Waals surface area contributed by atoms with Crippen LogP contribution >= 0.6 is 23.2 Å². The van der Waals surface area contributed by atoms with E-state index in [1.165, 1.54) is 6.07 Å². The number of carbonyl (C=O) groups excluding carboxylic acids is 1. The fourth-order valence-corrected chi connectivity index (χ4v) is 3.74. The molecule has 1 aliphatic heterocycles. The number of fused-ring (bicyclic) bond motifs is 1. The first-order valence-corrected chi connectivity index (χ1v) is 9.56. The Bertz CT molecular complexity index is 1080. The van der Waals surface area contributed by atoms with Crippen LogP contribution in [0.5, 0.6) is 0 Å². The third-order valence-corrected chi connectivity index (χ3v) is 5.81. The fourth-order valence-electron chi connectivity index (χ4n) is 3.36. The zero-order valence-corrected chi connectivity index (χ0v) is 16.8. The van der Waals surface area contributed by atoms with Gasteiger partial charge in [0, 0.05) is 18.2 Å². The van der Waals surface area contributed by atoms with Crippen LogP contribution in [0.3, 0.4) is 0 Å². The molecule has 1 amide bonds. The maximum Gasteiger partial charge on any atom is 0.256 e. The molecule has 0 fully saturated rings. The molecular formula is C20H17Cl2FN4O. The largest absolute Gasteiger partial charge is 0.327 e. The van der Waals surface area contributed by atoms with Gasteiger partial charge >= 0.3 is 0 Å². The number of hydrogen-bond donors (Lipinski definition) is 0. The Labute approximate surface area is 171 Å². The van der Waals surface area contributed by atoms with Crippen LogP contribution in [0.4, 0.5) is 4.39 Å². The third-order valence-electron chi connectivity index (χ3n) is 4.99. The van der Waals surface area contributed by atoms with Gasteiger partial charge in [0.05, 0.1) is 22.2 Å². The summed E-state index contributed by atoms with van der Waals surface area (Å²) in [6.45, 7) is 4.44. The molecule has 2 aromatic carbocycles. The molecule has 3 aromatic rings. The molecule has 1 atom stereocenters. The van der Waals surface area contributed by atoms with Gasteiger partial charge in [0.15, 0.2) is 11.6 Å². The predicted molar refractivity (Wildman–Crippen MR) is 106 cm³/mol. The highest BCUT2D eigenvalue weighted by atomic mass is 35.5. The summed E-state index contributed by atoms with van der Waals surface area (Å²) in [5, 5.41) is 9.03. The minimum Gasteiger partial charge on any atom is -0.327 e. The Morgan fingerprint density at radius 3 is 2.75 bits per heavy atom. The standard InChI is InChI=1S/C20H17Cl2FN4O/c1-11-6-7-13(8-16(11)23)19-25-24-17-10-26(12(2)9-27(17)19)20(28)14-4-3-5-15(21)18(14)22/h3-8,12H,9-10H2,1-2H3/t12-/m0/s1. The van der Waals surface area contributed by atoms with Crippen LogP contribution in [0.1, 0.15) is 28.7 Å². The van der Waals surface area contributed by atoms with Crippen molar-refractivity contribution in [3.63, 3.8) is 0 Å². The van der Waals surface area contributed by atoms with E-state index in [0.29, 0.717) is 39.9 Å². The van der Waals surface area contributed by atoms with Crippen LogP contribution in [0.25, 0.3) is 11.4 Å². The van der Waals surface area contributed by atoms with Gasteiger partial charge in [-0.15, -0.1) is 10.2 Å². The van der Waals surface area contributed by atoms with Crippen LogP contribution in [0, 0.1) is 12.7 Å². The number of amides is 1. The number of halogens is 3. The lowest BCUT2D eigenvalue weighted by Crippen LogP contribution is -2.45. The Balaban J connectivity index is 1.66. The zero-order chi connectivity index (χ0) is 20.0. The maximum atomic E-state index is 14.0. The van der Waals surface area contributed by atoms with Crippen LogP contribution in [-0.2, 0) is 13.1 Å². The van der Waals surface area contributed by atoms with Crippen LogP contribution < -0.4 is 0 Å². The van der Waals surface area contributed by atoms with E-state index in [4.69, 9.17) is 23.2 Å². The Morgan fingerprint density at radius 2 is 2.00 bits per heavy atom. The van der Waals surface area contributed by atoms with Crippen LogP contribution in [0.2, 0.25) is 10.0 Å². The van der Waals surface area contributed by atoms with Gasteiger partial charge in [-0.25, -0.2) is 4.39 Å². The molecule has 0 spiro atoms. The Kier molecular flexibility index (Phi) is 4.85. The van der Waals surface area contributed by atoms with E-state index in [9.17, 15) is 9.18 Å². The molecular weight excluding hydrogens is 402 g/mol. The third kappa shape index (κ3) is 3.16. The number of nitrogens with zero attached hydrogens (tertiary/aromatic N) is 4. The van der Waals surface area contributed by atoms with Gasteiger partial charge in [-0.2, -0.15) is 0 Å². The summed E-state index contributed by atoms with van der Waals surface area (Å²) in [6, 6.07) is 9.87. The normalized spacial score (nSPS) is 16.2. The van der Waals surface area contributed by atoms with E-state index in [0.717, 1.165) is 0 Å². The van der Waals surface area contributed by atoms with Crippen molar-refractivity contribution < 1.29 is 9.18 Å². The molecule has 0 saturated heterocycles. The van der Waals surface area contributed by atoms with Crippen molar-refractivity contribution in [3.05, 3.63) is 69.2 Å². The van der Waals surface area contributed by atoms with Crippen molar-refractivity contribution in [1.29, 1.82) is 0 Å². The Hall–Kier alpha value is -2.44. The molecule has 1 aliphatic rings. The lowest BCUT2D eigenvalue weighted by atomic mass is 10.1.